The number of nitrogens with zero attached hydrogens (tertiary/aromatic N) is 1. The zero-order chi connectivity index (χ0) is 15.5. The Morgan fingerprint density at radius 3 is 2.73 bits per heavy atom. The number of aryl methyl sites for hydroxylation is 2. The molecule has 6 heteroatoms. The van der Waals surface area contributed by atoms with E-state index in [-0.39, 0.29) is 11.8 Å². The van der Waals surface area contributed by atoms with E-state index < -0.39 is 6.04 Å². The van der Waals surface area contributed by atoms with Gasteiger partial charge in [0.25, 0.3) is 5.91 Å². The van der Waals surface area contributed by atoms with Crippen molar-refractivity contribution < 1.29 is 14.3 Å². The molecule has 1 fully saturated rings. The van der Waals surface area contributed by atoms with E-state index in [1.165, 1.54) is 23.3 Å². The van der Waals surface area contributed by atoms with Gasteiger partial charge in [0.05, 0.1) is 18.1 Å². The number of nitrogens with one attached hydrogen (secondary N) is 1. The molecule has 1 N–H and O–H groups in total. The Hall–Kier alpha value is -1.40. The molecule has 5 nitrogen and oxygen atoms in total. The Labute approximate surface area is 134 Å². The first kappa shape index (κ1) is 15.5. The number of hydrogen-bond acceptors (Lipinski definition) is 4. The van der Waals surface area contributed by atoms with E-state index in [4.69, 9.17) is 4.74 Å². The van der Waals surface area contributed by atoms with Crippen molar-refractivity contribution in [3.8, 4) is 0 Å². The van der Waals surface area contributed by atoms with Crippen molar-refractivity contribution in [3.05, 3.63) is 21.4 Å². The highest BCUT2D eigenvalue weighted by Crippen LogP contribution is 2.29. The molecular formula is C16H22N2O3S. The summed E-state index contributed by atoms with van der Waals surface area (Å²) < 4.78 is 5.25. The molecule has 1 aromatic heterocycles. The van der Waals surface area contributed by atoms with Gasteiger partial charge >= 0.3 is 0 Å². The summed E-state index contributed by atoms with van der Waals surface area (Å²) in [6.45, 7) is 4.11. The molecule has 0 spiro atoms. The summed E-state index contributed by atoms with van der Waals surface area (Å²) in [5.41, 5.74) is 1.31. The third-order valence-corrected chi connectivity index (χ3v) is 5.50. The average Bonchev–Trinajstić information content (AvgIpc) is 2.99. The molecule has 1 atom stereocenters. The molecule has 0 radical (unpaired) electrons. The second-order valence-electron chi connectivity index (χ2n) is 5.90. The van der Waals surface area contributed by atoms with Gasteiger partial charge in [-0.1, -0.05) is 0 Å². The lowest BCUT2D eigenvalue weighted by Gasteiger charge is -2.29. The number of fused-ring (bicyclic) bond motifs is 1. The van der Waals surface area contributed by atoms with Crippen molar-refractivity contribution in [3.63, 3.8) is 0 Å². The molecule has 3 rings (SSSR count). The second-order valence-corrected chi connectivity index (χ2v) is 7.04. The van der Waals surface area contributed by atoms with Crippen LogP contribution in [0.3, 0.4) is 0 Å². The zero-order valence-electron chi connectivity index (χ0n) is 12.9. The van der Waals surface area contributed by atoms with Gasteiger partial charge in [0.15, 0.2) is 0 Å². The number of thiophene rings is 1. The number of amides is 2. The molecule has 2 aliphatic rings. The summed E-state index contributed by atoms with van der Waals surface area (Å²) in [6.07, 6.45) is 4.56. The summed E-state index contributed by atoms with van der Waals surface area (Å²) >= 11 is 1.58. The van der Waals surface area contributed by atoms with Crippen LogP contribution in [0.15, 0.2) is 6.07 Å². The Balaban J connectivity index is 1.60. The number of carbonyl (C=O) groups excluding carboxylic acids is 2. The smallest absolute Gasteiger partial charge is 0.262 e. The van der Waals surface area contributed by atoms with Crippen LogP contribution in [0.25, 0.3) is 0 Å². The second kappa shape index (κ2) is 6.79. The van der Waals surface area contributed by atoms with Crippen molar-refractivity contribution in [2.45, 2.75) is 38.6 Å². The first-order chi connectivity index (χ1) is 10.6. The minimum atomic E-state index is -0.496. The first-order valence-corrected chi connectivity index (χ1v) is 8.76. The van der Waals surface area contributed by atoms with Gasteiger partial charge in [-0.15, -0.1) is 11.3 Å². The van der Waals surface area contributed by atoms with Crippen LogP contribution in [-0.4, -0.2) is 49.1 Å². The van der Waals surface area contributed by atoms with Crippen LogP contribution in [-0.2, 0) is 22.4 Å². The summed E-state index contributed by atoms with van der Waals surface area (Å²) in [7, 11) is 0. The van der Waals surface area contributed by atoms with E-state index in [9.17, 15) is 9.59 Å². The first-order valence-electron chi connectivity index (χ1n) is 7.94. The lowest BCUT2D eigenvalue weighted by atomic mass is 9.99. The maximum Gasteiger partial charge on any atom is 0.262 e. The van der Waals surface area contributed by atoms with Crippen LogP contribution in [0.5, 0.6) is 0 Å². The molecule has 0 aromatic carbocycles. The van der Waals surface area contributed by atoms with Gasteiger partial charge in [-0.2, -0.15) is 0 Å². The minimum Gasteiger partial charge on any atom is -0.378 e. The van der Waals surface area contributed by atoms with Gasteiger partial charge in [0.1, 0.15) is 6.04 Å². The molecule has 2 amide bonds. The van der Waals surface area contributed by atoms with Crippen LogP contribution in [0, 0.1) is 0 Å². The minimum absolute atomic E-state index is 0.0297. The van der Waals surface area contributed by atoms with E-state index in [1.807, 2.05) is 6.07 Å². The van der Waals surface area contributed by atoms with E-state index >= 15 is 0 Å². The molecule has 1 aromatic rings. The predicted octanol–water partition coefficient (Wildman–Crippen LogP) is 1.60. The molecule has 0 saturated carbocycles. The largest absolute Gasteiger partial charge is 0.378 e. The van der Waals surface area contributed by atoms with E-state index in [0.29, 0.717) is 26.3 Å². The number of morpholine rings is 1. The average molecular weight is 322 g/mol. The standard InChI is InChI=1S/C16H22N2O3S/c1-11(16(20)18-6-8-21-9-7-18)17-15(19)14-10-12-4-2-3-5-13(12)22-14/h10-11H,2-9H2,1H3,(H,17,19). The van der Waals surface area contributed by atoms with Crippen molar-refractivity contribution in [2.24, 2.45) is 0 Å². The van der Waals surface area contributed by atoms with Crippen LogP contribution in [0.1, 0.15) is 39.9 Å². The van der Waals surface area contributed by atoms with Gasteiger partial charge in [-0.25, -0.2) is 0 Å². The Morgan fingerprint density at radius 1 is 1.27 bits per heavy atom. The Kier molecular flexibility index (Phi) is 4.78. The fourth-order valence-electron chi connectivity index (χ4n) is 2.99. The molecule has 120 valence electrons. The summed E-state index contributed by atoms with van der Waals surface area (Å²) in [5.74, 6) is -0.161. The quantitative estimate of drug-likeness (QED) is 0.920. The van der Waals surface area contributed by atoms with Gasteiger partial charge in [-0.05, 0) is 44.2 Å². The lowest BCUT2D eigenvalue weighted by Crippen LogP contribution is -2.50. The molecule has 1 saturated heterocycles. The normalized spacial score (nSPS) is 19.4. The molecular weight excluding hydrogens is 300 g/mol. The predicted molar refractivity (Wildman–Crippen MR) is 85.3 cm³/mol. The Bertz CT molecular complexity index is 540. The summed E-state index contributed by atoms with van der Waals surface area (Å²) in [6, 6.07) is 1.50. The van der Waals surface area contributed by atoms with E-state index in [0.717, 1.165) is 17.7 Å². The monoisotopic (exact) mass is 322 g/mol. The summed E-state index contributed by atoms with van der Waals surface area (Å²) in [4.78, 5) is 28.5. The van der Waals surface area contributed by atoms with Crippen LogP contribution in [0.2, 0.25) is 0 Å². The van der Waals surface area contributed by atoms with Crippen molar-refractivity contribution in [1.82, 2.24) is 10.2 Å². The zero-order valence-corrected chi connectivity index (χ0v) is 13.7. The van der Waals surface area contributed by atoms with Gasteiger partial charge in [0, 0.05) is 18.0 Å². The van der Waals surface area contributed by atoms with Crippen LogP contribution in [0.4, 0.5) is 0 Å². The maximum absolute atomic E-state index is 12.4. The van der Waals surface area contributed by atoms with Crippen molar-refractivity contribution >= 4 is 23.2 Å². The molecule has 1 aliphatic heterocycles. The van der Waals surface area contributed by atoms with E-state index in [1.54, 1.807) is 23.2 Å². The van der Waals surface area contributed by atoms with Gasteiger partial charge < -0.3 is 15.0 Å². The number of carbonyl (C=O) groups is 2. The molecule has 22 heavy (non-hydrogen) atoms. The number of rotatable bonds is 3. The third kappa shape index (κ3) is 3.33. The van der Waals surface area contributed by atoms with Gasteiger partial charge in [-0.3, -0.25) is 9.59 Å². The fourth-order valence-corrected chi connectivity index (χ4v) is 4.15. The highest BCUT2D eigenvalue weighted by atomic mass is 32.1. The van der Waals surface area contributed by atoms with Crippen LogP contribution >= 0.6 is 11.3 Å². The fraction of sp³-hybridized carbons (Fsp3) is 0.625. The van der Waals surface area contributed by atoms with E-state index in [2.05, 4.69) is 5.32 Å². The highest BCUT2D eigenvalue weighted by Gasteiger charge is 2.25. The molecule has 1 unspecified atom stereocenters. The topological polar surface area (TPSA) is 58.6 Å². The molecule has 1 aliphatic carbocycles. The van der Waals surface area contributed by atoms with Crippen molar-refractivity contribution in [1.29, 1.82) is 0 Å². The number of hydrogen-bond donors (Lipinski definition) is 1. The lowest BCUT2D eigenvalue weighted by molar-refractivity contribution is -0.136. The summed E-state index contributed by atoms with van der Waals surface area (Å²) in [5, 5.41) is 2.84. The number of ether oxygens (including phenoxy) is 1. The van der Waals surface area contributed by atoms with Crippen molar-refractivity contribution in [2.75, 3.05) is 26.3 Å². The highest BCUT2D eigenvalue weighted by molar-refractivity contribution is 7.14. The van der Waals surface area contributed by atoms with Crippen LogP contribution < -0.4 is 5.32 Å². The third-order valence-electron chi connectivity index (χ3n) is 4.26. The molecule has 2 heterocycles. The maximum atomic E-state index is 12.4. The van der Waals surface area contributed by atoms with Gasteiger partial charge in [0.2, 0.25) is 5.91 Å². The Morgan fingerprint density at radius 2 is 2.00 bits per heavy atom. The SMILES string of the molecule is CC(NC(=O)c1cc2c(s1)CCCC2)C(=O)N1CCOCC1. The molecule has 0 bridgehead atoms.